The molecular weight excluding hydrogens is 174 g/mol. The third kappa shape index (κ3) is 6.02. The Morgan fingerprint density at radius 2 is 2.57 bits per heavy atom. The van der Waals surface area contributed by atoms with Crippen LogP contribution in [0.5, 0.6) is 0 Å². The number of thiocarbonyl (C=S) groups is 1. The van der Waals surface area contributed by atoms with Gasteiger partial charge in [0.05, 0.1) is 11.7 Å². The minimum atomic E-state index is 0.620. The zero-order valence-corrected chi connectivity index (χ0v) is 6.00. The van der Waals surface area contributed by atoms with Crippen LogP contribution < -0.4 is 0 Å². The van der Waals surface area contributed by atoms with Crippen LogP contribution in [-0.4, -0.2) is 11.7 Å². The van der Waals surface area contributed by atoms with Gasteiger partial charge in [-0.15, -0.1) is 0 Å². The topological polar surface area (TPSA) is 12.4 Å². The summed E-state index contributed by atoms with van der Waals surface area (Å²) in [5, 5.41) is 2.24. The molecule has 0 amide bonds. The van der Waals surface area contributed by atoms with Crippen LogP contribution in [0.3, 0.4) is 0 Å². The van der Waals surface area contributed by atoms with Gasteiger partial charge < -0.3 is 0 Å². The Morgan fingerprint density at radius 1 is 1.86 bits per heavy atom. The maximum atomic E-state index is 4.30. The molecule has 0 atom stereocenters. The number of aliphatic imine (C=N–C) groups is 1. The summed E-state index contributed by atoms with van der Waals surface area (Å²) in [5.74, 6) is 0. The van der Waals surface area contributed by atoms with Gasteiger partial charge in [0.2, 0.25) is 0 Å². The largest absolute Gasteiger partial charge is 0.228 e. The number of nitrogens with zero attached hydrogens (tertiary/aromatic N) is 1. The van der Waals surface area contributed by atoms with Crippen LogP contribution in [0.25, 0.3) is 0 Å². The quantitative estimate of drug-likeness (QED) is 0.465. The molecule has 38 valence electrons. The molecule has 0 aromatic carbocycles. The Morgan fingerprint density at radius 3 is 3.00 bits per heavy atom. The van der Waals surface area contributed by atoms with Crippen molar-refractivity contribution < 1.29 is 0 Å². The summed E-state index contributed by atoms with van der Waals surface area (Å²) in [5.41, 5.74) is 0. The molecule has 0 aliphatic heterocycles. The zero-order valence-electron chi connectivity index (χ0n) is 3.60. The van der Waals surface area contributed by atoms with Gasteiger partial charge in [-0.3, -0.25) is 0 Å². The van der Waals surface area contributed by atoms with E-state index in [1.165, 1.54) is 0 Å². The predicted molar refractivity (Wildman–Crippen MR) is 38.0 cm³/mol. The molecule has 0 spiro atoms. The molecule has 0 N–H and O–H groups in total. The Kier molecular flexibility index (Phi) is 6.04. The van der Waals surface area contributed by atoms with Gasteiger partial charge in [-0.2, -0.15) is 0 Å². The summed E-state index contributed by atoms with van der Waals surface area (Å²) in [6, 6.07) is 0. The molecule has 1 nitrogen and oxygen atoms in total. The van der Waals surface area contributed by atoms with Crippen LogP contribution in [0.2, 0.25) is 0 Å². The van der Waals surface area contributed by atoms with E-state index in [-0.39, 0.29) is 0 Å². The van der Waals surface area contributed by atoms with E-state index in [0.717, 1.165) is 0 Å². The van der Waals surface area contributed by atoms with Gasteiger partial charge in [0.15, 0.2) is 0 Å². The minimum absolute atomic E-state index is 0.620. The van der Waals surface area contributed by atoms with E-state index in [1.807, 2.05) is 6.08 Å². The van der Waals surface area contributed by atoms with Gasteiger partial charge in [0.25, 0.3) is 0 Å². The fourth-order valence-corrected chi connectivity index (χ4v) is 0.372. The molecule has 0 saturated carbocycles. The highest BCUT2D eigenvalue weighted by molar-refractivity contribution is 9.11. The van der Waals surface area contributed by atoms with E-state index >= 15 is 0 Å². The number of halogens is 1. The van der Waals surface area contributed by atoms with Crippen molar-refractivity contribution in [1.82, 2.24) is 0 Å². The highest BCUT2D eigenvalue weighted by Gasteiger charge is 1.61. The summed E-state index contributed by atoms with van der Waals surface area (Å²) in [4.78, 5) is 5.35. The lowest BCUT2D eigenvalue weighted by Gasteiger charge is -1.69. The van der Waals surface area contributed by atoms with E-state index in [2.05, 4.69) is 38.3 Å². The van der Waals surface area contributed by atoms with E-state index in [0.29, 0.717) is 6.54 Å². The molecule has 0 aliphatic rings. The molecule has 0 bridgehead atoms. The van der Waals surface area contributed by atoms with Crippen LogP contribution in [0.4, 0.5) is 0 Å². The fourth-order valence-electron chi connectivity index (χ4n) is 0.130. The van der Waals surface area contributed by atoms with Gasteiger partial charge in [0.1, 0.15) is 0 Å². The first-order valence-corrected chi connectivity index (χ1v) is 3.03. The molecule has 0 aromatic rings. The van der Waals surface area contributed by atoms with E-state index < -0.39 is 0 Å². The van der Waals surface area contributed by atoms with Crippen molar-refractivity contribution >= 4 is 33.3 Å². The number of isothiocyanates is 1. The normalized spacial score (nSPS) is 8.71. The highest BCUT2D eigenvalue weighted by Crippen LogP contribution is 1.80. The zero-order chi connectivity index (χ0) is 5.54. The molecule has 0 heterocycles. The third-order valence-electron chi connectivity index (χ3n) is 0.350. The van der Waals surface area contributed by atoms with Crippen LogP contribution in [0.1, 0.15) is 0 Å². The second kappa shape index (κ2) is 6.02. The van der Waals surface area contributed by atoms with Crippen molar-refractivity contribution in [3.05, 3.63) is 11.1 Å². The molecule has 0 unspecified atom stereocenters. The molecule has 0 radical (unpaired) electrons. The fraction of sp³-hybridized carbons (Fsp3) is 0.250. The van der Waals surface area contributed by atoms with Crippen molar-refractivity contribution in [2.24, 2.45) is 4.99 Å². The first kappa shape index (κ1) is 7.02. The first-order valence-electron chi connectivity index (χ1n) is 1.70. The molecule has 0 saturated heterocycles. The summed E-state index contributed by atoms with van der Waals surface area (Å²) in [6.07, 6.45) is 1.83. The van der Waals surface area contributed by atoms with Gasteiger partial charge >= 0.3 is 0 Å². The summed E-state index contributed by atoms with van der Waals surface area (Å²) in [6.45, 7) is 0.620. The molecule has 0 aromatic heterocycles. The number of hydrogen-bond acceptors (Lipinski definition) is 2. The van der Waals surface area contributed by atoms with Crippen molar-refractivity contribution in [3.8, 4) is 0 Å². The maximum Gasteiger partial charge on any atom is 0.0681 e. The first-order chi connectivity index (χ1) is 3.41. The molecule has 7 heavy (non-hydrogen) atoms. The Labute approximate surface area is 56.3 Å². The second-order valence-electron chi connectivity index (χ2n) is 0.794. The lowest BCUT2D eigenvalue weighted by atomic mass is 10.7. The highest BCUT2D eigenvalue weighted by atomic mass is 79.9. The van der Waals surface area contributed by atoms with E-state index in [1.54, 1.807) is 4.99 Å². The minimum Gasteiger partial charge on any atom is -0.228 e. The summed E-state index contributed by atoms with van der Waals surface area (Å²) in [7, 11) is 0. The van der Waals surface area contributed by atoms with Crippen LogP contribution in [-0.2, 0) is 0 Å². The van der Waals surface area contributed by atoms with E-state index in [4.69, 9.17) is 0 Å². The van der Waals surface area contributed by atoms with Gasteiger partial charge in [-0.1, -0.05) is 22.0 Å². The number of rotatable bonds is 2. The van der Waals surface area contributed by atoms with Crippen molar-refractivity contribution in [1.29, 1.82) is 0 Å². The van der Waals surface area contributed by atoms with Crippen LogP contribution in [0.15, 0.2) is 16.1 Å². The predicted octanol–water partition coefficient (Wildman–Crippen LogP) is 2.00. The van der Waals surface area contributed by atoms with Gasteiger partial charge in [0, 0.05) is 0 Å². The van der Waals surface area contributed by atoms with Crippen molar-refractivity contribution in [3.63, 3.8) is 0 Å². The lowest BCUT2D eigenvalue weighted by molar-refractivity contribution is 1.27. The Bertz CT molecular complexity index is 104. The molecule has 3 heteroatoms. The summed E-state index contributed by atoms with van der Waals surface area (Å²) < 4.78 is 0. The smallest absolute Gasteiger partial charge is 0.0681 e. The van der Waals surface area contributed by atoms with Crippen molar-refractivity contribution in [2.75, 3.05) is 6.54 Å². The molecule has 0 rings (SSSR count). The van der Waals surface area contributed by atoms with E-state index in [9.17, 15) is 0 Å². The SMILES string of the molecule is S=C=NCC=CBr. The average Bonchev–Trinajstić information content (AvgIpc) is 1.69. The van der Waals surface area contributed by atoms with Crippen LogP contribution >= 0.6 is 28.1 Å². The van der Waals surface area contributed by atoms with Crippen LogP contribution in [0, 0.1) is 0 Å². The maximum absolute atomic E-state index is 4.30. The lowest BCUT2D eigenvalue weighted by Crippen LogP contribution is -1.63. The molecule has 0 fully saturated rings. The summed E-state index contributed by atoms with van der Waals surface area (Å²) >= 11 is 7.38. The molecule has 0 aliphatic carbocycles. The Hall–Kier alpha value is 0.0200. The third-order valence-corrected chi connectivity index (χ3v) is 0.853. The monoisotopic (exact) mass is 177 g/mol. The average molecular weight is 178 g/mol. The van der Waals surface area contributed by atoms with Gasteiger partial charge in [-0.05, 0) is 17.2 Å². The molecular formula is C4H4BrNS. The number of hydrogen-bond donors (Lipinski definition) is 0. The standard InChI is InChI=1S/C4H4BrNS/c5-2-1-3-6-4-7/h1-2H,3H2. The second-order valence-corrected chi connectivity index (χ2v) is 1.50. The van der Waals surface area contributed by atoms with Gasteiger partial charge in [-0.25, -0.2) is 4.99 Å². The Balaban J connectivity index is 3.15. The van der Waals surface area contributed by atoms with Crippen molar-refractivity contribution in [2.45, 2.75) is 0 Å².